The minimum absolute atomic E-state index is 0.00462. The predicted octanol–water partition coefficient (Wildman–Crippen LogP) is 2.46. The summed E-state index contributed by atoms with van der Waals surface area (Å²) >= 11 is 4.34. The second kappa shape index (κ2) is 10.5. The lowest BCUT2D eigenvalue weighted by atomic mass is 9.95. The molecule has 3 heterocycles. The molecule has 0 spiro atoms. The molecule has 3 saturated heterocycles. The van der Waals surface area contributed by atoms with Crippen LogP contribution in [0.25, 0.3) is 0 Å². The van der Waals surface area contributed by atoms with E-state index in [1.54, 1.807) is 18.2 Å². The number of thiol groups is 1. The fraction of sp³-hybridized carbons (Fsp3) is 0.538. The van der Waals surface area contributed by atoms with E-state index in [0.29, 0.717) is 50.2 Å². The Morgan fingerprint density at radius 2 is 1.77 bits per heavy atom. The Labute approximate surface area is 231 Å². The third-order valence-corrected chi connectivity index (χ3v) is 10.6. The molecule has 0 saturated carbocycles. The number of nitrogens with zero attached hydrogens (tertiary/aromatic N) is 3. The Kier molecular flexibility index (Phi) is 7.72. The van der Waals surface area contributed by atoms with Crippen molar-refractivity contribution in [1.82, 2.24) is 9.21 Å². The van der Waals surface area contributed by atoms with E-state index in [1.807, 2.05) is 4.90 Å². The molecule has 3 aliphatic heterocycles. The maximum Gasteiger partial charge on any atom is 0.421 e. The molecule has 0 aliphatic carbocycles. The van der Waals surface area contributed by atoms with Gasteiger partial charge in [-0.2, -0.15) is 17.5 Å². The fourth-order valence-corrected chi connectivity index (χ4v) is 7.84. The van der Waals surface area contributed by atoms with Crippen LogP contribution in [0.5, 0.6) is 0 Å². The van der Waals surface area contributed by atoms with Gasteiger partial charge in [-0.25, -0.2) is 8.42 Å². The molecule has 0 aromatic heterocycles. The maximum absolute atomic E-state index is 13.6. The summed E-state index contributed by atoms with van der Waals surface area (Å²) < 4.78 is 74.3. The second-order valence-corrected chi connectivity index (χ2v) is 12.9. The number of hydrogen-bond donors (Lipinski definition) is 3. The summed E-state index contributed by atoms with van der Waals surface area (Å²) in [7, 11) is -3.86. The van der Waals surface area contributed by atoms with Gasteiger partial charge in [0.05, 0.1) is 36.3 Å². The molecule has 5 atom stereocenters. The highest BCUT2D eigenvalue weighted by Gasteiger charge is 2.51. The number of morpholine rings is 1. The summed E-state index contributed by atoms with van der Waals surface area (Å²) in [4.78, 5) is 4.61. The molecule has 3 aliphatic rings. The highest BCUT2D eigenvalue weighted by molar-refractivity contribution is 7.90. The van der Waals surface area contributed by atoms with Gasteiger partial charge in [-0.05, 0) is 43.2 Å². The van der Waals surface area contributed by atoms with Gasteiger partial charge in [-0.3, -0.25) is 4.90 Å². The van der Waals surface area contributed by atoms with Crippen LogP contribution in [0.1, 0.15) is 18.9 Å². The number of piperazine rings is 1. The van der Waals surface area contributed by atoms with Crippen LogP contribution in [0.2, 0.25) is 0 Å². The van der Waals surface area contributed by atoms with Crippen LogP contribution in [0.15, 0.2) is 58.3 Å². The Morgan fingerprint density at radius 3 is 2.41 bits per heavy atom. The van der Waals surface area contributed by atoms with E-state index in [2.05, 4.69) is 17.5 Å². The quantitative estimate of drug-likeness (QED) is 0.448. The van der Waals surface area contributed by atoms with E-state index in [0.717, 1.165) is 0 Å². The zero-order chi connectivity index (χ0) is 28.2. The lowest BCUT2D eigenvalue weighted by Crippen LogP contribution is -2.61. The molecule has 13 heteroatoms. The van der Waals surface area contributed by atoms with Crippen molar-refractivity contribution in [3.63, 3.8) is 0 Å². The molecule has 39 heavy (non-hydrogen) atoms. The van der Waals surface area contributed by atoms with Gasteiger partial charge < -0.3 is 19.8 Å². The Morgan fingerprint density at radius 1 is 1.08 bits per heavy atom. The van der Waals surface area contributed by atoms with Crippen molar-refractivity contribution in [2.75, 3.05) is 44.3 Å². The summed E-state index contributed by atoms with van der Waals surface area (Å²) in [6.45, 7) is 2.60. The Hall–Kier alpha value is -1.87. The number of fused-ring (bicyclic) bond motifs is 2. The lowest BCUT2D eigenvalue weighted by Gasteiger charge is -2.46. The first-order chi connectivity index (χ1) is 18.3. The summed E-state index contributed by atoms with van der Waals surface area (Å²) in [6, 6.07) is 11.5. The monoisotopic (exact) mass is 587 g/mol. The van der Waals surface area contributed by atoms with Crippen LogP contribution in [0, 0.1) is 0 Å². The van der Waals surface area contributed by atoms with E-state index in [4.69, 9.17) is 4.74 Å². The van der Waals surface area contributed by atoms with Crippen molar-refractivity contribution in [2.45, 2.75) is 59.1 Å². The molecule has 2 bridgehead atoms. The summed E-state index contributed by atoms with van der Waals surface area (Å²) in [5.41, 5.74) is -2.66. The smallest absolute Gasteiger partial charge is 0.391 e. The van der Waals surface area contributed by atoms with E-state index in [1.165, 1.54) is 34.6 Å². The standard InChI is InChI=1S/C26H32F3N3O5S2/c1-25(34,26(27,28)29)17-6-8-18(9-7-17)31-11-10-30(39(35,36)24-5-3-2-4-23(24)38)13-20(31)14-32-19-12-22(33)21(32)16-37-15-19/h2-9,19-22,33-34,38H,10-16H2,1H3/t19-,20-,21-,22-,25-/m1/s1. The number of ether oxygens (including phenoxy) is 1. The lowest BCUT2D eigenvalue weighted by molar-refractivity contribution is -0.258. The minimum atomic E-state index is -4.84. The van der Waals surface area contributed by atoms with Crippen molar-refractivity contribution in [3.8, 4) is 0 Å². The Bertz CT molecular complexity index is 1290. The third kappa shape index (κ3) is 5.30. The molecule has 0 unspecified atom stereocenters. The highest BCUT2D eigenvalue weighted by atomic mass is 32.2. The largest absolute Gasteiger partial charge is 0.421 e. The molecule has 0 amide bonds. The zero-order valence-corrected chi connectivity index (χ0v) is 23.0. The minimum Gasteiger partial charge on any atom is -0.391 e. The average molecular weight is 588 g/mol. The van der Waals surface area contributed by atoms with Gasteiger partial charge in [0.15, 0.2) is 5.60 Å². The third-order valence-electron chi connectivity index (χ3n) is 8.11. The van der Waals surface area contributed by atoms with E-state index in [-0.39, 0.29) is 41.7 Å². The van der Waals surface area contributed by atoms with Crippen LogP contribution in [-0.4, -0.2) is 97.6 Å². The molecular formula is C26H32F3N3O5S2. The average Bonchev–Trinajstić information content (AvgIpc) is 3.04. The molecule has 8 nitrogen and oxygen atoms in total. The number of sulfonamides is 1. The molecule has 3 fully saturated rings. The van der Waals surface area contributed by atoms with Crippen LogP contribution in [0.3, 0.4) is 0 Å². The normalized spacial score (nSPS) is 28.4. The summed E-state index contributed by atoms with van der Waals surface area (Å²) in [5, 5.41) is 20.6. The van der Waals surface area contributed by atoms with Gasteiger partial charge in [0, 0.05) is 42.8 Å². The molecule has 214 valence electrons. The summed E-state index contributed by atoms with van der Waals surface area (Å²) in [5.74, 6) is 0. The highest BCUT2D eigenvalue weighted by Crippen LogP contribution is 2.39. The number of hydrogen-bond acceptors (Lipinski definition) is 8. The zero-order valence-electron chi connectivity index (χ0n) is 21.3. The predicted molar refractivity (Wildman–Crippen MR) is 141 cm³/mol. The van der Waals surface area contributed by atoms with Crippen LogP contribution >= 0.6 is 12.6 Å². The second-order valence-electron chi connectivity index (χ2n) is 10.6. The summed E-state index contributed by atoms with van der Waals surface area (Å²) in [6.07, 6.45) is -4.82. The molecule has 2 aromatic carbocycles. The first-order valence-corrected chi connectivity index (χ1v) is 14.7. The van der Waals surface area contributed by atoms with Gasteiger partial charge in [0.25, 0.3) is 0 Å². The van der Waals surface area contributed by atoms with Crippen LogP contribution in [-0.2, 0) is 20.4 Å². The van der Waals surface area contributed by atoms with Crippen molar-refractivity contribution in [3.05, 3.63) is 54.1 Å². The number of halogens is 3. The molecule has 2 N–H and O–H groups in total. The first kappa shape index (κ1) is 28.7. The Balaban J connectivity index is 1.44. The first-order valence-electron chi connectivity index (χ1n) is 12.8. The van der Waals surface area contributed by atoms with E-state index < -0.39 is 27.9 Å². The molecule has 2 aromatic rings. The van der Waals surface area contributed by atoms with E-state index >= 15 is 0 Å². The molecular weight excluding hydrogens is 555 g/mol. The van der Waals surface area contributed by atoms with E-state index in [9.17, 15) is 31.8 Å². The topological polar surface area (TPSA) is 93.6 Å². The number of alkyl halides is 3. The number of aliphatic hydroxyl groups is 2. The number of benzene rings is 2. The van der Waals surface area contributed by atoms with Crippen molar-refractivity contribution >= 4 is 28.3 Å². The van der Waals surface area contributed by atoms with Crippen LogP contribution in [0.4, 0.5) is 18.9 Å². The van der Waals surface area contributed by atoms with Gasteiger partial charge in [-0.1, -0.05) is 24.3 Å². The van der Waals surface area contributed by atoms with Crippen molar-refractivity contribution < 1.29 is 36.5 Å². The fourth-order valence-electron chi connectivity index (χ4n) is 5.78. The van der Waals surface area contributed by atoms with Crippen molar-refractivity contribution in [2.24, 2.45) is 0 Å². The van der Waals surface area contributed by atoms with Crippen molar-refractivity contribution in [1.29, 1.82) is 0 Å². The number of anilines is 1. The SMILES string of the molecule is C[C@@](O)(c1ccc(N2CCN(S(=O)(=O)c3ccccc3S)C[C@@H]2CN2[C@H]3COC[C@@H]2[C@H](O)C3)cc1)C(F)(F)F. The maximum atomic E-state index is 13.6. The van der Waals surface area contributed by atoms with Gasteiger partial charge in [0.2, 0.25) is 10.0 Å². The molecule has 0 radical (unpaired) electrons. The van der Waals surface area contributed by atoms with Gasteiger partial charge in [-0.15, -0.1) is 12.6 Å². The van der Waals surface area contributed by atoms with Gasteiger partial charge in [0.1, 0.15) is 0 Å². The number of aliphatic hydroxyl groups excluding tert-OH is 1. The van der Waals surface area contributed by atoms with Gasteiger partial charge >= 0.3 is 6.18 Å². The number of rotatable bonds is 6. The molecule has 5 rings (SSSR count). The van der Waals surface area contributed by atoms with Crippen LogP contribution < -0.4 is 4.90 Å².